The maximum Gasteiger partial charge on any atom is 0.152 e. The first kappa shape index (κ1) is 15.1. The van der Waals surface area contributed by atoms with Gasteiger partial charge in [-0.15, -0.1) is 0 Å². The molecule has 102 valence electrons. The Bertz CT molecular complexity index is 659. The molecule has 2 rings (SSSR count). The van der Waals surface area contributed by atoms with Crippen LogP contribution in [0.3, 0.4) is 0 Å². The average Bonchev–Trinajstić information content (AvgIpc) is 2.45. The smallest absolute Gasteiger partial charge is 0.152 e. The minimum atomic E-state index is -0.387. The van der Waals surface area contributed by atoms with Gasteiger partial charge in [0.15, 0.2) is 5.82 Å². The standard InChI is InChI=1S/C16H13BrFNS/c1-10(2)11-3-6-13(7-4-11)20-14-8-5-12(9-19)15(17)16(14)18/h3-8,10H,1-2H3. The first-order valence-corrected chi connectivity index (χ1v) is 7.79. The number of hydrogen-bond acceptors (Lipinski definition) is 2. The first-order chi connectivity index (χ1) is 9.52. The molecule has 20 heavy (non-hydrogen) atoms. The molecule has 0 heterocycles. The zero-order valence-electron chi connectivity index (χ0n) is 11.2. The van der Waals surface area contributed by atoms with Crippen LogP contribution in [0.15, 0.2) is 50.7 Å². The van der Waals surface area contributed by atoms with E-state index in [-0.39, 0.29) is 10.3 Å². The quantitative estimate of drug-likeness (QED) is 0.705. The second-order valence-corrected chi connectivity index (χ2v) is 6.59. The van der Waals surface area contributed by atoms with E-state index in [1.54, 1.807) is 12.1 Å². The van der Waals surface area contributed by atoms with Crippen molar-refractivity contribution in [3.63, 3.8) is 0 Å². The molecule has 0 unspecified atom stereocenters. The Kier molecular flexibility index (Phi) is 4.85. The molecule has 0 amide bonds. The van der Waals surface area contributed by atoms with Crippen LogP contribution < -0.4 is 0 Å². The predicted octanol–water partition coefficient (Wildman–Crippen LogP) is 5.73. The van der Waals surface area contributed by atoms with Crippen molar-refractivity contribution in [1.29, 1.82) is 5.26 Å². The minimum Gasteiger partial charge on any atom is -0.204 e. The molecule has 4 heteroatoms. The van der Waals surface area contributed by atoms with Crippen LogP contribution in [0.1, 0.15) is 30.9 Å². The van der Waals surface area contributed by atoms with Crippen LogP contribution in [-0.4, -0.2) is 0 Å². The maximum absolute atomic E-state index is 14.1. The Morgan fingerprint density at radius 1 is 1.15 bits per heavy atom. The molecule has 0 radical (unpaired) electrons. The Morgan fingerprint density at radius 2 is 1.80 bits per heavy atom. The van der Waals surface area contributed by atoms with Gasteiger partial charge in [0.2, 0.25) is 0 Å². The van der Waals surface area contributed by atoms with E-state index in [1.807, 2.05) is 18.2 Å². The molecular weight excluding hydrogens is 337 g/mol. The van der Waals surface area contributed by atoms with E-state index >= 15 is 0 Å². The lowest BCUT2D eigenvalue weighted by Crippen LogP contribution is -1.89. The predicted molar refractivity (Wildman–Crippen MR) is 83.5 cm³/mol. The number of rotatable bonds is 3. The fraction of sp³-hybridized carbons (Fsp3) is 0.188. The van der Waals surface area contributed by atoms with Gasteiger partial charge in [-0.25, -0.2) is 4.39 Å². The largest absolute Gasteiger partial charge is 0.204 e. The molecule has 0 aliphatic heterocycles. The number of nitriles is 1. The third-order valence-corrected chi connectivity index (χ3v) is 4.76. The zero-order chi connectivity index (χ0) is 14.7. The summed E-state index contributed by atoms with van der Waals surface area (Å²) in [5.41, 5.74) is 1.57. The topological polar surface area (TPSA) is 23.8 Å². The summed E-state index contributed by atoms with van der Waals surface area (Å²) in [7, 11) is 0. The monoisotopic (exact) mass is 349 g/mol. The first-order valence-electron chi connectivity index (χ1n) is 6.19. The molecule has 0 aliphatic carbocycles. The van der Waals surface area contributed by atoms with E-state index in [4.69, 9.17) is 5.26 Å². The summed E-state index contributed by atoms with van der Waals surface area (Å²) >= 11 is 4.48. The molecule has 0 saturated carbocycles. The molecule has 0 N–H and O–H groups in total. The number of hydrogen-bond donors (Lipinski definition) is 0. The van der Waals surface area contributed by atoms with E-state index < -0.39 is 0 Å². The molecule has 0 atom stereocenters. The highest BCUT2D eigenvalue weighted by Crippen LogP contribution is 2.34. The Labute approximate surface area is 130 Å². The van der Waals surface area contributed by atoms with Crippen molar-refractivity contribution in [2.45, 2.75) is 29.6 Å². The molecule has 0 aromatic heterocycles. The van der Waals surface area contributed by atoms with Gasteiger partial charge in [0, 0.05) is 9.79 Å². The summed E-state index contributed by atoms with van der Waals surface area (Å²) in [5.74, 6) is 0.0943. The maximum atomic E-state index is 14.1. The van der Waals surface area contributed by atoms with E-state index in [0.717, 1.165) is 4.90 Å². The Balaban J connectivity index is 2.27. The van der Waals surface area contributed by atoms with Crippen molar-refractivity contribution < 1.29 is 4.39 Å². The Hall–Kier alpha value is -1.31. The highest BCUT2D eigenvalue weighted by atomic mass is 79.9. The van der Waals surface area contributed by atoms with Gasteiger partial charge in [0.05, 0.1) is 10.0 Å². The third-order valence-electron chi connectivity index (χ3n) is 2.94. The molecule has 0 aliphatic rings. The lowest BCUT2D eigenvalue weighted by molar-refractivity contribution is 0.594. The second kappa shape index (κ2) is 6.43. The molecule has 2 aromatic rings. The van der Waals surface area contributed by atoms with Crippen LogP contribution in [0, 0.1) is 17.1 Å². The molecule has 2 aromatic carbocycles. The van der Waals surface area contributed by atoms with E-state index in [9.17, 15) is 4.39 Å². The number of nitrogens with zero attached hydrogens (tertiary/aromatic N) is 1. The molecule has 1 nitrogen and oxygen atoms in total. The van der Waals surface area contributed by atoms with E-state index in [0.29, 0.717) is 16.4 Å². The van der Waals surface area contributed by atoms with Crippen LogP contribution >= 0.6 is 27.7 Å². The van der Waals surface area contributed by atoms with Crippen LogP contribution in [0.2, 0.25) is 0 Å². The molecule has 0 bridgehead atoms. The Morgan fingerprint density at radius 3 is 2.35 bits per heavy atom. The van der Waals surface area contributed by atoms with Gasteiger partial charge in [0.1, 0.15) is 6.07 Å². The van der Waals surface area contributed by atoms with E-state index in [2.05, 4.69) is 41.9 Å². The fourth-order valence-corrected chi connectivity index (χ4v) is 3.16. The number of halogens is 2. The highest BCUT2D eigenvalue weighted by Gasteiger charge is 2.12. The van der Waals surface area contributed by atoms with Crippen molar-refractivity contribution in [2.75, 3.05) is 0 Å². The fourth-order valence-electron chi connectivity index (χ4n) is 1.74. The number of benzene rings is 2. The SMILES string of the molecule is CC(C)c1ccc(Sc2ccc(C#N)c(Br)c2F)cc1. The summed E-state index contributed by atoms with van der Waals surface area (Å²) in [6, 6.07) is 13.3. The second-order valence-electron chi connectivity index (χ2n) is 4.68. The van der Waals surface area contributed by atoms with Gasteiger partial charge in [-0.2, -0.15) is 5.26 Å². The summed E-state index contributed by atoms with van der Waals surface area (Å²) in [6.45, 7) is 4.28. The molecule has 0 spiro atoms. The van der Waals surface area contributed by atoms with Crippen molar-refractivity contribution in [3.8, 4) is 6.07 Å². The molecular formula is C16H13BrFNS. The lowest BCUT2D eigenvalue weighted by atomic mass is 10.0. The van der Waals surface area contributed by atoms with E-state index in [1.165, 1.54) is 17.3 Å². The van der Waals surface area contributed by atoms with Gasteiger partial charge in [0.25, 0.3) is 0 Å². The normalized spacial score (nSPS) is 10.6. The van der Waals surface area contributed by atoms with Crippen molar-refractivity contribution in [1.82, 2.24) is 0 Å². The molecule has 0 fully saturated rings. The van der Waals surface area contributed by atoms with Gasteiger partial charge in [-0.05, 0) is 51.7 Å². The van der Waals surface area contributed by atoms with Gasteiger partial charge < -0.3 is 0 Å². The van der Waals surface area contributed by atoms with Gasteiger partial charge in [-0.1, -0.05) is 37.7 Å². The van der Waals surface area contributed by atoms with Gasteiger partial charge >= 0.3 is 0 Å². The summed E-state index contributed by atoms with van der Waals surface area (Å²) in [4.78, 5) is 1.48. The van der Waals surface area contributed by atoms with Crippen LogP contribution in [0.25, 0.3) is 0 Å². The van der Waals surface area contributed by atoms with Crippen molar-refractivity contribution in [2.24, 2.45) is 0 Å². The van der Waals surface area contributed by atoms with Gasteiger partial charge in [-0.3, -0.25) is 0 Å². The van der Waals surface area contributed by atoms with Crippen LogP contribution in [0.4, 0.5) is 4.39 Å². The zero-order valence-corrected chi connectivity index (χ0v) is 13.6. The van der Waals surface area contributed by atoms with Crippen molar-refractivity contribution in [3.05, 3.63) is 57.8 Å². The summed E-state index contributed by atoms with van der Waals surface area (Å²) < 4.78 is 14.3. The average molecular weight is 350 g/mol. The highest BCUT2D eigenvalue weighted by molar-refractivity contribution is 9.10. The molecule has 0 saturated heterocycles. The van der Waals surface area contributed by atoms with Crippen LogP contribution in [-0.2, 0) is 0 Å². The lowest BCUT2D eigenvalue weighted by Gasteiger charge is -2.08. The third kappa shape index (κ3) is 3.23. The minimum absolute atomic E-state index is 0.226. The summed E-state index contributed by atoms with van der Waals surface area (Å²) in [5, 5.41) is 8.85. The van der Waals surface area contributed by atoms with Crippen molar-refractivity contribution >= 4 is 27.7 Å². The summed E-state index contributed by atoms with van der Waals surface area (Å²) in [6.07, 6.45) is 0. The van der Waals surface area contributed by atoms with Crippen LogP contribution in [0.5, 0.6) is 0 Å².